The van der Waals surface area contributed by atoms with E-state index in [1.165, 1.54) is 24.3 Å². The number of hydrogen-bond acceptors (Lipinski definition) is 3. The standard InChI is InChI=1S/C32H29F2N3O3/c1-19-23-11-14-35-27(23)17-26(34)30(19)40-22-8-9-25(33)24(16-22)31-36-18-28(37-31)32(12-2-3-13-32)21-6-4-5-20(15-21)7-10-29(38)39/h4-6,8-9,11,14-18,35H,2-3,7,10,12-13H2,1H3,(H,36,37)(H,38,39). The molecule has 3 aromatic carbocycles. The summed E-state index contributed by atoms with van der Waals surface area (Å²) in [5.74, 6) is -1.04. The molecule has 8 heteroatoms. The summed E-state index contributed by atoms with van der Waals surface area (Å²) >= 11 is 0. The summed E-state index contributed by atoms with van der Waals surface area (Å²) in [6.07, 6.45) is 7.94. The van der Waals surface area contributed by atoms with Gasteiger partial charge in [0.25, 0.3) is 0 Å². The van der Waals surface area contributed by atoms with Crippen LogP contribution in [0, 0.1) is 18.6 Å². The van der Waals surface area contributed by atoms with Crippen LogP contribution >= 0.6 is 0 Å². The molecule has 0 aliphatic heterocycles. The van der Waals surface area contributed by atoms with Gasteiger partial charge in [-0.3, -0.25) is 4.79 Å². The lowest BCUT2D eigenvalue weighted by molar-refractivity contribution is -0.136. The third kappa shape index (κ3) is 4.63. The average molecular weight is 542 g/mol. The fourth-order valence-corrected chi connectivity index (χ4v) is 5.98. The monoisotopic (exact) mass is 541 g/mol. The molecule has 1 aliphatic carbocycles. The van der Waals surface area contributed by atoms with E-state index in [0.717, 1.165) is 47.9 Å². The lowest BCUT2D eigenvalue weighted by Crippen LogP contribution is -2.24. The van der Waals surface area contributed by atoms with Gasteiger partial charge < -0.3 is 19.8 Å². The minimum atomic E-state index is -0.824. The van der Waals surface area contributed by atoms with Gasteiger partial charge in [-0.2, -0.15) is 0 Å². The molecule has 1 aliphatic rings. The molecule has 0 radical (unpaired) electrons. The summed E-state index contributed by atoms with van der Waals surface area (Å²) in [6, 6.07) is 15.6. The number of carboxylic acids is 1. The largest absolute Gasteiger partial charge is 0.481 e. The predicted octanol–water partition coefficient (Wildman–Crippen LogP) is 7.81. The third-order valence-electron chi connectivity index (χ3n) is 8.08. The molecule has 40 heavy (non-hydrogen) atoms. The molecule has 3 N–H and O–H groups in total. The van der Waals surface area contributed by atoms with Crippen LogP contribution in [0.4, 0.5) is 8.78 Å². The van der Waals surface area contributed by atoms with E-state index in [9.17, 15) is 9.18 Å². The van der Waals surface area contributed by atoms with Crippen LogP contribution in [0.25, 0.3) is 22.3 Å². The molecule has 0 amide bonds. The molecule has 2 heterocycles. The summed E-state index contributed by atoms with van der Waals surface area (Å²) in [4.78, 5) is 22.0. The number of nitrogens with zero attached hydrogens (tertiary/aromatic N) is 1. The van der Waals surface area contributed by atoms with E-state index in [1.54, 1.807) is 19.3 Å². The topological polar surface area (TPSA) is 91.0 Å². The van der Waals surface area contributed by atoms with Crippen LogP contribution in [-0.4, -0.2) is 26.0 Å². The number of ether oxygens (including phenoxy) is 1. The maximum atomic E-state index is 15.1. The summed E-state index contributed by atoms with van der Waals surface area (Å²) < 4.78 is 35.9. The highest BCUT2D eigenvalue weighted by Crippen LogP contribution is 2.46. The normalized spacial score (nSPS) is 14.6. The number of imidazole rings is 1. The molecular formula is C32H29F2N3O3. The summed E-state index contributed by atoms with van der Waals surface area (Å²) in [5.41, 5.74) is 4.21. The number of rotatable bonds is 8. The number of aromatic amines is 2. The van der Waals surface area contributed by atoms with E-state index in [0.29, 0.717) is 29.1 Å². The fourth-order valence-electron chi connectivity index (χ4n) is 5.98. The highest BCUT2D eigenvalue weighted by molar-refractivity contribution is 5.85. The van der Waals surface area contributed by atoms with Crippen molar-refractivity contribution < 1.29 is 23.4 Å². The molecule has 0 atom stereocenters. The molecule has 0 bridgehead atoms. The zero-order chi connectivity index (χ0) is 27.9. The summed E-state index contributed by atoms with van der Waals surface area (Å²) in [6.45, 7) is 1.79. The minimum Gasteiger partial charge on any atom is -0.481 e. The number of fused-ring (bicyclic) bond motifs is 1. The van der Waals surface area contributed by atoms with Crippen molar-refractivity contribution in [2.45, 2.75) is 50.9 Å². The Balaban J connectivity index is 1.33. The van der Waals surface area contributed by atoms with Crippen LogP contribution in [0.15, 0.2) is 67.0 Å². The van der Waals surface area contributed by atoms with Crippen molar-refractivity contribution in [2.24, 2.45) is 0 Å². The molecule has 204 valence electrons. The number of aliphatic carboxylic acids is 1. The molecular weight excluding hydrogens is 512 g/mol. The number of aromatic nitrogens is 3. The number of aryl methyl sites for hydroxylation is 2. The van der Waals surface area contributed by atoms with Crippen molar-refractivity contribution in [2.75, 3.05) is 0 Å². The van der Waals surface area contributed by atoms with Crippen molar-refractivity contribution in [1.29, 1.82) is 0 Å². The van der Waals surface area contributed by atoms with Gasteiger partial charge in [0, 0.05) is 52.5 Å². The van der Waals surface area contributed by atoms with Gasteiger partial charge in [-0.1, -0.05) is 37.1 Å². The van der Waals surface area contributed by atoms with Gasteiger partial charge in [-0.25, -0.2) is 13.8 Å². The fraction of sp³-hybridized carbons (Fsp3) is 0.250. The maximum absolute atomic E-state index is 15.1. The van der Waals surface area contributed by atoms with E-state index in [1.807, 2.05) is 18.2 Å². The second-order valence-electron chi connectivity index (χ2n) is 10.5. The van der Waals surface area contributed by atoms with Crippen LogP contribution in [-0.2, 0) is 16.6 Å². The highest BCUT2D eigenvalue weighted by atomic mass is 19.1. The van der Waals surface area contributed by atoms with Crippen molar-refractivity contribution in [3.63, 3.8) is 0 Å². The number of halogens is 2. The molecule has 6 rings (SSSR count). The van der Waals surface area contributed by atoms with Gasteiger partial charge in [0.05, 0.1) is 5.56 Å². The number of H-pyrrole nitrogens is 2. The van der Waals surface area contributed by atoms with Crippen molar-refractivity contribution in [1.82, 2.24) is 15.0 Å². The lowest BCUT2D eigenvalue weighted by atomic mass is 9.76. The van der Waals surface area contributed by atoms with Crippen molar-refractivity contribution in [3.8, 4) is 22.9 Å². The first-order valence-electron chi connectivity index (χ1n) is 13.4. The number of hydrogen-bond donors (Lipinski definition) is 3. The van der Waals surface area contributed by atoms with Gasteiger partial charge in [0.1, 0.15) is 17.4 Å². The van der Waals surface area contributed by atoms with E-state index in [-0.39, 0.29) is 23.1 Å². The van der Waals surface area contributed by atoms with Crippen molar-refractivity contribution in [3.05, 3.63) is 101 Å². The zero-order valence-electron chi connectivity index (χ0n) is 22.1. The molecule has 0 spiro atoms. The quantitative estimate of drug-likeness (QED) is 0.187. The highest BCUT2D eigenvalue weighted by Gasteiger charge is 2.39. The van der Waals surface area contributed by atoms with Gasteiger partial charge in [0.2, 0.25) is 0 Å². The Morgan fingerprint density at radius 2 is 1.90 bits per heavy atom. The smallest absolute Gasteiger partial charge is 0.303 e. The van der Waals surface area contributed by atoms with Gasteiger partial charge in [0.15, 0.2) is 11.6 Å². The maximum Gasteiger partial charge on any atom is 0.303 e. The lowest BCUT2D eigenvalue weighted by Gasteiger charge is -2.29. The van der Waals surface area contributed by atoms with Crippen LogP contribution in [0.3, 0.4) is 0 Å². The van der Waals surface area contributed by atoms with Crippen molar-refractivity contribution >= 4 is 16.9 Å². The van der Waals surface area contributed by atoms with Gasteiger partial charge >= 0.3 is 5.97 Å². The van der Waals surface area contributed by atoms with Crippen LogP contribution < -0.4 is 4.74 Å². The number of benzene rings is 3. The zero-order valence-corrected chi connectivity index (χ0v) is 22.1. The molecule has 0 unspecified atom stereocenters. The Hall–Kier alpha value is -4.46. The summed E-state index contributed by atoms with van der Waals surface area (Å²) in [7, 11) is 0. The number of carbonyl (C=O) groups is 1. The Kier molecular flexibility index (Phi) is 6.62. The first-order valence-corrected chi connectivity index (χ1v) is 13.4. The first kappa shape index (κ1) is 25.8. The molecule has 6 nitrogen and oxygen atoms in total. The minimum absolute atomic E-state index is 0.0742. The third-order valence-corrected chi connectivity index (χ3v) is 8.08. The summed E-state index contributed by atoms with van der Waals surface area (Å²) in [5, 5.41) is 9.96. The van der Waals surface area contributed by atoms with E-state index < -0.39 is 17.6 Å². The molecule has 5 aromatic rings. The van der Waals surface area contributed by atoms with Gasteiger partial charge in [-0.15, -0.1) is 0 Å². The van der Waals surface area contributed by atoms with E-state index in [4.69, 9.17) is 9.84 Å². The first-order chi connectivity index (χ1) is 19.3. The Bertz CT molecular complexity index is 1720. The SMILES string of the molecule is Cc1c(Oc2ccc(F)c(-c3ncc(C4(c5cccc(CCC(=O)O)c5)CCCC4)[nH]3)c2)c(F)cc2[nH]ccc12. The molecule has 1 fully saturated rings. The second kappa shape index (κ2) is 10.3. The Labute approximate surface area is 230 Å². The van der Waals surface area contributed by atoms with E-state index in [2.05, 4.69) is 27.1 Å². The predicted molar refractivity (Wildman–Crippen MR) is 149 cm³/mol. The molecule has 2 aromatic heterocycles. The molecule has 0 saturated heterocycles. The molecule has 1 saturated carbocycles. The number of nitrogens with one attached hydrogen (secondary N) is 2. The van der Waals surface area contributed by atoms with E-state index >= 15 is 4.39 Å². The van der Waals surface area contributed by atoms with Gasteiger partial charge in [-0.05, 0) is 61.6 Å². The van der Waals surface area contributed by atoms with Crippen LogP contribution in [0.2, 0.25) is 0 Å². The average Bonchev–Trinajstić information content (AvgIpc) is 3.72. The van der Waals surface area contributed by atoms with Crippen LogP contribution in [0.1, 0.15) is 54.5 Å². The Morgan fingerprint density at radius 1 is 1.07 bits per heavy atom. The van der Waals surface area contributed by atoms with Crippen LogP contribution in [0.5, 0.6) is 11.5 Å². The Morgan fingerprint density at radius 3 is 2.70 bits per heavy atom. The number of carboxylic acid groups (broad SMARTS) is 1. The second-order valence-corrected chi connectivity index (χ2v) is 10.5.